The average Bonchev–Trinajstić information content (AvgIpc) is 2.60. The van der Waals surface area contributed by atoms with Crippen molar-refractivity contribution in [3.63, 3.8) is 0 Å². The number of halogens is 3. The van der Waals surface area contributed by atoms with Crippen molar-refractivity contribution in [2.45, 2.75) is 30.4 Å². The first-order valence-electron chi connectivity index (χ1n) is 8.06. The molecule has 0 unspecified atom stereocenters. The third-order valence-electron chi connectivity index (χ3n) is 3.50. The van der Waals surface area contributed by atoms with E-state index in [2.05, 4.69) is 5.32 Å². The summed E-state index contributed by atoms with van der Waals surface area (Å²) in [6.45, 7) is 5.13. The van der Waals surface area contributed by atoms with Gasteiger partial charge in [0.2, 0.25) is 0 Å². The van der Waals surface area contributed by atoms with Gasteiger partial charge in [-0.25, -0.2) is 8.78 Å². The van der Waals surface area contributed by atoms with Crippen LogP contribution in [0.3, 0.4) is 0 Å². The van der Waals surface area contributed by atoms with Crippen LogP contribution in [0.25, 0.3) is 0 Å². The number of ether oxygens (including phenoxy) is 1. The highest BCUT2D eigenvalue weighted by atomic mass is 35.5. The zero-order valence-electron chi connectivity index (χ0n) is 14.9. The lowest BCUT2D eigenvalue weighted by atomic mass is 10.2. The van der Waals surface area contributed by atoms with Crippen molar-refractivity contribution in [3.8, 4) is 0 Å². The highest BCUT2D eigenvalue weighted by molar-refractivity contribution is 8.01. The van der Waals surface area contributed by atoms with Crippen molar-refractivity contribution in [1.82, 2.24) is 0 Å². The second-order valence-corrected chi connectivity index (χ2v) is 8.13. The van der Waals surface area contributed by atoms with Gasteiger partial charge in [-0.3, -0.25) is 9.59 Å². The molecule has 0 heterocycles. The molecule has 0 aliphatic carbocycles. The zero-order chi connectivity index (χ0) is 20.2. The van der Waals surface area contributed by atoms with Crippen LogP contribution < -0.4 is 5.32 Å². The third-order valence-corrected chi connectivity index (χ3v) is 5.00. The van der Waals surface area contributed by atoms with E-state index < -0.39 is 28.3 Å². The molecule has 0 fully saturated rings. The number of benzene rings is 2. The maximum atomic E-state index is 14.2. The first-order chi connectivity index (χ1) is 12.6. The lowest BCUT2D eigenvalue weighted by molar-refractivity contribution is -0.145. The highest BCUT2D eigenvalue weighted by Gasteiger charge is 2.31. The molecule has 27 heavy (non-hydrogen) atoms. The summed E-state index contributed by atoms with van der Waals surface area (Å²) in [5.74, 6) is -2.16. The van der Waals surface area contributed by atoms with Gasteiger partial charge in [-0.05, 0) is 57.2 Å². The molecule has 1 amide bonds. The van der Waals surface area contributed by atoms with Crippen molar-refractivity contribution in [3.05, 3.63) is 58.6 Å². The zero-order valence-corrected chi connectivity index (χ0v) is 16.5. The fourth-order valence-electron chi connectivity index (χ4n) is 2.12. The normalized spacial score (nSPS) is 11.2. The summed E-state index contributed by atoms with van der Waals surface area (Å²) >= 11 is 6.66. The second-order valence-electron chi connectivity index (χ2n) is 6.06. The van der Waals surface area contributed by atoms with Gasteiger partial charge in [0.05, 0.1) is 11.6 Å². The maximum Gasteiger partial charge on any atom is 0.321 e. The van der Waals surface area contributed by atoms with Gasteiger partial charge in [-0.15, -0.1) is 11.8 Å². The topological polar surface area (TPSA) is 55.4 Å². The molecule has 0 bridgehead atoms. The predicted octanol–water partition coefficient (Wildman–Crippen LogP) is 5.30. The van der Waals surface area contributed by atoms with Gasteiger partial charge in [0, 0.05) is 16.1 Å². The Morgan fingerprint density at radius 2 is 1.81 bits per heavy atom. The van der Waals surface area contributed by atoms with E-state index in [0.29, 0.717) is 5.69 Å². The molecule has 1 N–H and O–H groups in total. The van der Waals surface area contributed by atoms with E-state index in [0.717, 1.165) is 23.9 Å². The first-order valence-corrected chi connectivity index (χ1v) is 9.25. The Labute approximate surface area is 165 Å². The van der Waals surface area contributed by atoms with Crippen LogP contribution in [0.4, 0.5) is 14.5 Å². The van der Waals surface area contributed by atoms with Crippen LogP contribution in [-0.4, -0.2) is 23.2 Å². The van der Waals surface area contributed by atoms with Crippen molar-refractivity contribution >= 4 is 40.9 Å². The van der Waals surface area contributed by atoms with Crippen molar-refractivity contribution in [1.29, 1.82) is 0 Å². The van der Waals surface area contributed by atoms with Gasteiger partial charge >= 0.3 is 5.97 Å². The van der Waals surface area contributed by atoms with Gasteiger partial charge in [0.1, 0.15) is 16.4 Å². The number of rotatable bonds is 6. The van der Waals surface area contributed by atoms with Gasteiger partial charge in [-0.1, -0.05) is 11.6 Å². The molecule has 0 saturated carbocycles. The minimum absolute atomic E-state index is 0.126. The van der Waals surface area contributed by atoms with Gasteiger partial charge in [-0.2, -0.15) is 0 Å². The summed E-state index contributed by atoms with van der Waals surface area (Å²) in [5, 5.41) is 2.44. The molecule has 0 spiro atoms. The lowest BCUT2D eigenvalue weighted by Crippen LogP contribution is -2.30. The molecular weight excluding hydrogens is 396 g/mol. The number of hydrogen-bond acceptors (Lipinski definition) is 4. The molecule has 2 aromatic rings. The molecule has 0 aliphatic rings. The van der Waals surface area contributed by atoms with Gasteiger partial charge in [0.15, 0.2) is 0 Å². The van der Waals surface area contributed by atoms with E-state index >= 15 is 0 Å². The number of thioether (sulfide) groups is 1. The number of carbonyl (C=O) groups is 2. The summed E-state index contributed by atoms with van der Waals surface area (Å²) in [6.07, 6.45) is 0. The van der Waals surface area contributed by atoms with Crippen LogP contribution in [0.15, 0.2) is 41.3 Å². The molecule has 2 aromatic carbocycles. The Balaban J connectivity index is 2.21. The molecule has 0 atom stereocenters. The molecule has 0 radical (unpaired) electrons. The summed E-state index contributed by atoms with van der Waals surface area (Å²) in [5.41, 5.74) is 0.482. The predicted molar refractivity (Wildman–Crippen MR) is 102 cm³/mol. The van der Waals surface area contributed by atoms with Crippen LogP contribution in [0, 0.1) is 11.6 Å². The van der Waals surface area contributed by atoms with Gasteiger partial charge < -0.3 is 10.1 Å². The van der Waals surface area contributed by atoms with E-state index in [1.165, 1.54) is 24.3 Å². The van der Waals surface area contributed by atoms with E-state index in [-0.39, 0.29) is 22.1 Å². The molecule has 0 aromatic heterocycles. The van der Waals surface area contributed by atoms with Crippen molar-refractivity contribution in [2.24, 2.45) is 0 Å². The second kappa shape index (κ2) is 8.71. The Morgan fingerprint density at radius 3 is 2.44 bits per heavy atom. The Hall–Kier alpha value is -2.12. The van der Waals surface area contributed by atoms with Crippen LogP contribution >= 0.6 is 23.4 Å². The molecule has 144 valence electrons. The number of esters is 1. The van der Waals surface area contributed by atoms with Crippen LogP contribution in [0.5, 0.6) is 0 Å². The summed E-state index contributed by atoms with van der Waals surface area (Å²) in [7, 11) is 0. The number of nitrogens with one attached hydrogen (secondary N) is 1. The largest absolute Gasteiger partial charge is 0.465 e. The smallest absolute Gasteiger partial charge is 0.321 e. The fraction of sp³-hybridized carbons (Fsp3) is 0.263. The Morgan fingerprint density at radius 1 is 1.15 bits per heavy atom. The van der Waals surface area contributed by atoms with Crippen LogP contribution in [-0.2, 0) is 9.53 Å². The molecule has 0 aliphatic heterocycles. The monoisotopic (exact) mass is 413 g/mol. The quantitative estimate of drug-likeness (QED) is 0.515. The van der Waals surface area contributed by atoms with Crippen molar-refractivity contribution in [2.75, 3.05) is 11.9 Å². The lowest BCUT2D eigenvalue weighted by Gasteiger charge is -2.22. The van der Waals surface area contributed by atoms with E-state index in [1.807, 2.05) is 0 Å². The molecule has 8 heteroatoms. The fourth-order valence-corrected chi connectivity index (χ4v) is 3.35. The Bertz CT molecular complexity index is 874. The molecule has 2 rings (SSSR count). The van der Waals surface area contributed by atoms with Gasteiger partial charge in [0.25, 0.3) is 5.91 Å². The minimum atomic E-state index is -1.03. The number of carbonyl (C=O) groups excluding carboxylic acids is 2. The maximum absolute atomic E-state index is 14.2. The summed E-state index contributed by atoms with van der Waals surface area (Å²) in [4.78, 5) is 24.6. The first kappa shape index (κ1) is 21.2. The molecule has 4 nitrogen and oxygen atoms in total. The van der Waals surface area contributed by atoms with E-state index in [1.54, 1.807) is 20.8 Å². The number of hydrogen-bond donors (Lipinski definition) is 1. The standard InChI is InChI=1S/C19H18ClF2NO3S/c1-4-26-18(25)19(2,3)27-16-9-11(5-7-15(16)22)17(24)23-12-6-8-14(21)13(20)10-12/h5-10H,4H2,1-3H3,(H,23,24). The molecular formula is C19H18ClF2NO3S. The number of anilines is 1. The number of amides is 1. The van der Waals surface area contributed by atoms with Crippen LogP contribution in [0.2, 0.25) is 5.02 Å². The summed E-state index contributed by atoms with van der Waals surface area (Å²) in [6, 6.07) is 7.58. The minimum Gasteiger partial charge on any atom is -0.465 e. The average molecular weight is 414 g/mol. The molecule has 0 saturated heterocycles. The van der Waals surface area contributed by atoms with Crippen molar-refractivity contribution < 1.29 is 23.1 Å². The third kappa shape index (κ3) is 5.43. The Kier molecular flexibility index (Phi) is 6.84. The van der Waals surface area contributed by atoms with Crippen LogP contribution in [0.1, 0.15) is 31.1 Å². The van der Waals surface area contributed by atoms with E-state index in [4.69, 9.17) is 16.3 Å². The summed E-state index contributed by atoms with van der Waals surface area (Å²) < 4.78 is 31.3. The highest BCUT2D eigenvalue weighted by Crippen LogP contribution is 2.35. The SMILES string of the molecule is CCOC(=O)C(C)(C)Sc1cc(C(=O)Nc2ccc(F)c(Cl)c2)ccc1F. The van der Waals surface area contributed by atoms with E-state index in [9.17, 15) is 18.4 Å².